The maximum absolute atomic E-state index is 13.3. The number of ether oxygens (including phenoxy) is 3. The summed E-state index contributed by atoms with van der Waals surface area (Å²) in [5, 5.41) is 0. The van der Waals surface area contributed by atoms with E-state index in [2.05, 4.69) is 6.58 Å². The maximum Gasteiger partial charge on any atom is 0.198 e. The minimum absolute atomic E-state index is 0.165. The molecule has 0 atom stereocenters. The molecule has 0 amide bonds. The maximum atomic E-state index is 13.3. The van der Waals surface area contributed by atoms with E-state index in [1.165, 1.54) is 14.2 Å². The van der Waals surface area contributed by atoms with Crippen molar-refractivity contribution in [2.24, 2.45) is 0 Å². The normalized spacial score (nSPS) is 12.6. The average Bonchev–Trinajstić information content (AvgIpc) is 2.75. The molecule has 0 radical (unpaired) electrons. The number of rotatable bonds is 7. The Bertz CT molecular complexity index is 1030. The van der Waals surface area contributed by atoms with Crippen LogP contribution in [0, 0.1) is 0 Å². The van der Waals surface area contributed by atoms with Gasteiger partial charge in [-0.05, 0) is 18.9 Å². The predicted molar refractivity (Wildman–Crippen MR) is 112 cm³/mol. The highest BCUT2D eigenvalue weighted by Crippen LogP contribution is 2.48. The summed E-state index contributed by atoms with van der Waals surface area (Å²) in [5.74, 6) is 0.308. The molecule has 2 aromatic rings. The van der Waals surface area contributed by atoms with Gasteiger partial charge in [0.2, 0.25) is 0 Å². The highest BCUT2D eigenvalue weighted by molar-refractivity contribution is 6.31. The molecule has 150 valence electrons. The van der Waals surface area contributed by atoms with Gasteiger partial charge in [0.05, 0.1) is 30.9 Å². The third kappa shape index (κ3) is 3.33. The monoisotopic (exact) mass is 392 g/mol. The number of carbonyl (C=O) groups excluding carboxylic acids is 2. The molecular formula is C24H24O5. The van der Waals surface area contributed by atoms with E-state index in [4.69, 9.17) is 14.2 Å². The second kappa shape index (κ2) is 8.35. The van der Waals surface area contributed by atoms with Gasteiger partial charge in [-0.25, -0.2) is 0 Å². The van der Waals surface area contributed by atoms with E-state index in [1.807, 2.05) is 19.9 Å². The van der Waals surface area contributed by atoms with Gasteiger partial charge in [-0.2, -0.15) is 0 Å². The topological polar surface area (TPSA) is 61.8 Å². The molecule has 0 N–H and O–H groups in total. The van der Waals surface area contributed by atoms with Crippen LogP contribution < -0.4 is 14.2 Å². The fourth-order valence-electron chi connectivity index (χ4n) is 3.43. The SMILES string of the molecule is C=C(CC)COc1c(/C=C/C)c(OC)c2c(c1OC)C(=O)c1ccccc1C2=O. The van der Waals surface area contributed by atoms with Crippen molar-refractivity contribution < 1.29 is 23.8 Å². The van der Waals surface area contributed by atoms with Crippen LogP contribution in [0.25, 0.3) is 6.08 Å². The van der Waals surface area contributed by atoms with Crippen molar-refractivity contribution in [2.75, 3.05) is 20.8 Å². The van der Waals surface area contributed by atoms with E-state index in [0.717, 1.165) is 12.0 Å². The smallest absolute Gasteiger partial charge is 0.198 e. The van der Waals surface area contributed by atoms with Crippen molar-refractivity contribution in [3.8, 4) is 17.2 Å². The van der Waals surface area contributed by atoms with Crippen LogP contribution in [-0.2, 0) is 0 Å². The third-order valence-corrected chi connectivity index (χ3v) is 4.93. The molecule has 0 spiro atoms. The van der Waals surface area contributed by atoms with Crippen molar-refractivity contribution >= 4 is 17.6 Å². The van der Waals surface area contributed by atoms with Crippen molar-refractivity contribution in [2.45, 2.75) is 20.3 Å². The number of fused-ring (bicyclic) bond motifs is 2. The number of benzene rings is 2. The van der Waals surface area contributed by atoms with Crippen LogP contribution in [0.2, 0.25) is 0 Å². The van der Waals surface area contributed by atoms with Gasteiger partial charge < -0.3 is 14.2 Å². The Hall–Kier alpha value is -3.34. The fraction of sp³-hybridized carbons (Fsp3) is 0.250. The lowest BCUT2D eigenvalue weighted by atomic mass is 9.81. The first-order chi connectivity index (χ1) is 14.0. The van der Waals surface area contributed by atoms with Crippen LogP contribution in [-0.4, -0.2) is 32.4 Å². The summed E-state index contributed by atoms with van der Waals surface area (Å²) in [7, 11) is 2.93. The van der Waals surface area contributed by atoms with E-state index in [1.54, 1.807) is 30.3 Å². The molecule has 5 heteroatoms. The first kappa shape index (κ1) is 20.4. The first-order valence-corrected chi connectivity index (χ1v) is 9.42. The molecule has 0 saturated carbocycles. The molecule has 0 bridgehead atoms. The van der Waals surface area contributed by atoms with Crippen molar-refractivity contribution in [1.82, 2.24) is 0 Å². The predicted octanol–water partition coefficient (Wildman–Crippen LogP) is 4.86. The number of hydrogen-bond acceptors (Lipinski definition) is 5. The van der Waals surface area contributed by atoms with Crippen molar-refractivity contribution in [1.29, 1.82) is 0 Å². The summed E-state index contributed by atoms with van der Waals surface area (Å²) in [6, 6.07) is 6.76. The molecule has 0 aromatic heterocycles. The van der Waals surface area contributed by atoms with E-state index in [9.17, 15) is 9.59 Å². The molecule has 0 aliphatic heterocycles. The van der Waals surface area contributed by atoms with Gasteiger partial charge in [-0.1, -0.05) is 49.9 Å². The van der Waals surface area contributed by atoms with Gasteiger partial charge >= 0.3 is 0 Å². The van der Waals surface area contributed by atoms with Crippen molar-refractivity contribution in [3.63, 3.8) is 0 Å². The molecule has 2 aromatic carbocycles. The molecule has 0 unspecified atom stereocenters. The van der Waals surface area contributed by atoms with E-state index in [0.29, 0.717) is 28.2 Å². The number of methoxy groups -OCH3 is 2. The van der Waals surface area contributed by atoms with E-state index < -0.39 is 0 Å². The lowest BCUT2D eigenvalue weighted by Gasteiger charge is -2.26. The van der Waals surface area contributed by atoms with Crippen LogP contribution in [0.5, 0.6) is 17.2 Å². The van der Waals surface area contributed by atoms with Gasteiger partial charge in [0.1, 0.15) is 12.4 Å². The lowest BCUT2D eigenvalue weighted by molar-refractivity contribution is 0.0973. The number of hydrogen-bond donors (Lipinski definition) is 0. The molecular weight excluding hydrogens is 368 g/mol. The summed E-state index contributed by atoms with van der Waals surface area (Å²) in [6.07, 6.45) is 4.35. The zero-order chi connectivity index (χ0) is 21.1. The van der Waals surface area contributed by atoms with Crippen LogP contribution in [0.4, 0.5) is 0 Å². The molecule has 0 saturated heterocycles. The second-order valence-corrected chi connectivity index (χ2v) is 6.66. The zero-order valence-corrected chi connectivity index (χ0v) is 17.1. The summed E-state index contributed by atoms with van der Waals surface area (Å²) in [5.41, 5.74) is 2.50. The Balaban J connectivity index is 2.37. The molecule has 1 aliphatic carbocycles. The van der Waals surface area contributed by atoms with Gasteiger partial charge in [0.15, 0.2) is 23.1 Å². The highest BCUT2D eigenvalue weighted by Gasteiger charge is 2.38. The third-order valence-electron chi connectivity index (χ3n) is 4.93. The molecule has 1 aliphatic rings. The quantitative estimate of drug-likeness (QED) is 0.538. The molecule has 3 rings (SSSR count). The van der Waals surface area contributed by atoms with Crippen LogP contribution >= 0.6 is 0 Å². The van der Waals surface area contributed by atoms with Crippen molar-refractivity contribution in [3.05, 3.63) is 70.3 Å². The molecule has 0 heterocycles. The largest absolute Gasteiger partial charge is 0.495 e. The lowest BCUT2D eigenvalue weighted by Crippen LogP contribution is -2.23. The summed E-state index contributed by atoms with van der Waals surface area (Å²) in [6.45, 7) is 8.07. The fourth-order valence-corrected chi connectivity index (χ4v) is 3.43. The van der Waals surface area contributed by atoms with Crippen LogP contribution in [0.15, 0.2) is 42.5 Å². The zero-order valence-electron chi connectivity index (χ0n) is 17.1. The van der Waals surface area contributed by atoms with E-state index >= 15 is 0 Å². The minimum Gasteiger partial charge on any atom is -0.495 e. The molecule has 0 fully saturated rings. The Morgan fingerprint density at radius 1 is 0.966 bits per heavy atom. The second-order valence-electron chi connectivity index (χ2n) is 6.66. The Morgan fingerprint density at radius 3 is 2.00 bits per heavy atom. The van der Waals surface area contributed by atoms with Crippen LogP contribution in [0.1, 0.15) is 57.7 Å². The van der Waals surface area contributed by atoms with Gasteiger partial charge in [-0.15, -0.1) is 0 Å². The Kier molecular flexibility index (Phi) is 5.87. The number of allylic oxidation sites excluding steroid dienone is 1. The van der Waals surface area contributed by atoms with Gasteiger partial charge in [-0.3, -0.25) is 9.59 Å². The van der Waals surface area contributed by atoms with Crippen LogP contribution in [0.3, 0.4) is 0 Å². The summed E-state index contributed by atoms with van der Waals surface area (Å²) >= 11 is 0. The summed E-state index contributed by atoms with van der Waals surface area (Å²) < 4.78 is 17.3. The first-order valence-electron chi connectivity index (χ1n) is 9.42. The number of carbonyl (C=O) groups is 2. The minimum atomic E-state index is -0.295. The molecule has 5 nitrogen and oxygen atoms in total. The summed E-state index contributed by atoms with van der Waals surface area (Å²) in [4.78, 5) is 26.7. The molecule has 29 heavy (non-hydrogen) atoms. The Morgan fingerprint density at radius 2 is 1.52 bits per heavy atom. The number of ketones is 2. The standard InChI is InChI=1S/C24H24O5/c1-6-10-17-22(27-4)18-19(24(28-5)23(17)29-13-14(3)7-2)21(26)16-12-9-8-11-15(16)20(18)25/h6,8-12H,3,7,13H2,1-2,4-5H3/b10-6+. The van der Waals surface area contributed by atoms with E-state index in [-0.39, 0.29) is 35.0 Å². The highest BCUT2D eigenvalue weighted by atomic mass is 16.5. The Labute approximate surface area is 170 Å². The van der Waals surface area contributed by atoms with Gasteiger partial charge in [0.25, 0.3) is 0 Å². The average molecular weight is 392 g/mol. The van der Waals surface area contributed by atoms with Gasteiger partial charge in [0, 0.05) is 11.1 Å².